The summed E-state index contributed by atoms with van der Waals surface area (Å²) in [6.45, 7) is 4.48. The summed E-state index contributed by atoms with van der Waals surface area (Å²) in [5.74, 6) is 0.865. The molecule has 0 spiro atoms. The van der Waals surface area contributed by atoms with Gasteiger partial charge in [0.2, 0.25) is 0 Å². The second-order valence-electron chi connectivity index (χ2n) is 5.92. The molecule has 2 N–H and O–H groups in total. The summed E-state index contributed by atoms with van der Waals surface area (Å²) in [5.41, 5.74) is 3.74. The topological polar surface area (TPSA) is 39.7 Å². The van der Waals surface area contributed by atoms with Gasteiger partial charge in [0.25, 0.3) is 0 Å². The van der Waals surface area contributed by atoms with Gasteiger partial charge in [0.05, 0.1) is 6.54 Å². The van der Waals surface area contributed by atoms with Crippen molar-refractivity contribution < 1.29 is 0 Å². The molecule has 0 saturated heterocycles. The largest absolute Gasteiger partial charge is 0.378 e. The molecule has 0 aliphatic heterocycles. The van der Waals surface area contributed by atoms with E-state index in [1.165, 1.54) is 16.8 Å². The fourth-order valence-electron chi connectivity index (χ4n) is 2.42. The zero-order chi connectivity index (χ0) is 17.2. The summed E-state index contributed by atoms with van der Waals surface area (Å²) in [5, 5.41) is 6.71. The van der Waals surface area contributed by atoms with Crippen LogP contribution in [0.15, 0.2) is 59.6 Å². The molecule has 4 nitrogen and oxygen atoms in total. The minimum atomic E-state index is 0.669. The Morgan fingerprint density at radius 3 is 2.42 bits per heavy atom. The normalized spacial score (nSPS) is 11.2. The predicted molar refractivity (Wildman–Crippen MR) is 104 cm³/mol. The molecule has 0 amide bonds. The number of benzene rings is 2. The molecular formula is C20H28N4. The van der Waals surface area contributed by atoms with Crippen molar-refractivity contribution in [1.82, 2.24) is 10.6 Å². The number of hydrogen-bond donors (Lipinski definition) is 2. The number of guanidine groups is 1. The Bertz CT molecular complexity index is 635. The fourth-order valence-corrected chi connectivity index (χ4v) is 2.42. The minimum absolute atomic E-state index is 0.669. The van der Waals surface area contributed by atoms with Crippen LogP contribution in [0.5, 0.6) is 0 Å². The van der Waals surface area contributed by atoms with Crippen molar-refractivity contribution in [2.75, 3.05) is 32.1 Å². The number of anilines is 1. The highest BCUT2D eigenvalue weighted by Gasteiger charge is 2.00. The molecule has 0 saturated carbocycles. The van der Waals surface area contributed by atoms with Gasteiger partial charge in [-0.3, -0.25) is 0 Å². The van der Waals surface area contributed by atoms with Crippen molar-refractivity contribution >= 4 is 11.6 Å². The molecule has 128 valence electrons. The van der Waals surface area contributed by atoms with Gasteiger partial charge in [0.15, 0.2) is 5.96 Å². The van der Waals surface area contributed by atoms with E-state index < -0.39 is 0 Å². The van der Waals surface area contributed by atoms with Crippen molar-refractivity contribution in [1.29, 1.82) is 0 Å². The van der Waals surface area contributed by atoms with Gasteiger partial charge in [0.1, 0.15) is 0 Å². The highest BCUT2D eigenvalue weighted by molar-refractivity contribution is 5.79. The maximum absolute atomic E-state index is 4.69. The maximum Gasteiger partial charge on any atom is 0.191 e. The second kappa shape index (κ2) is 9.60. The van der Waals surface area contributed by atoms with E-state index in [4.69, 9.17) is 4.99 Å². The van der Waals surface area contributed by atoms with Crippen molar-refractivity contribution in [2.45, 2.75) is 19.9 Å². The maximum atomic E-state index is 4.69. The van der Waals surface area contributed by atoms with Crippen LogP contribution < -0.4 is 15.5 Å². The van der Waals surface area contributed by atoms with E-state index in [1.807, 2.05) is 6.07 Å². The van der Waals surface area contributed by atoms with Gasteiger partial charge < -0.3 is 15.5 Å². The van der Waals surface area contributed by atoms with Gasteiger partial charge in [-0.05, 0) is 36.6 Å². The zero-order valence-corrected chi connectivity index (χ0v) is 14.9. The number of hydrogen-bond acceptors (Lipinski definition) is 2. The quantitative estimate of drug-likeness (QED) is 0.607. The van der Waals surface area contributed by atoms with Gasteiger partial charge in [-0.15, -0.1) is 0 Å². The Hall–Kier alpha value is -2.49. The van der Waals surface area contributed by atoms with Crippen LogP contribution in [0.4, 0.5) is 5.69 Å². The summed E-state index contributed by atoms with van der Waals surface area (Å²) in [6, 6.07) is 19.0. The van der Waals surface area contributed by atoms with E-state index in [-0.39, 0.29) is 0 Å². The highest BCUT2D eigenvalue weighted by atomic mass is 15.2. The van der Waals surface area contributed by atoms with E-state index in [2.05, 4.69) is 85.1 Å². The molecule has 24 heavy (non-hydrogen) atoms. The smallest absolute Gasteiger partial charge is 0.191 e. The molecular weight excluding hydrogens is 296 g/mol. The molecule has 0 aromatic heterocycles. The number of nitrogens with zero attached hydrogens (tertiary/aromatic N) is 2. The first kappa shape index (κ1) is 17.9. The minimum Gasteiger partial charge on any atom is -0.378 e. The van der Waals surface area contributed by atoms with Crippen LogP contribution in [0.3, 0.4) is 0 Å². The molecule has 0 bridgehead atoms. The Balaban J connectivity index is 1.91. The lowest BCUT2D eigenvalue weighted by atomic mass is 10.1. The Morgan fingerprint density at radius 2 is 1.71 bits per heavy atom. The van der Waals surface area contributed by atoms with Crippen molar-refractivity contribution in [3.05, 3.63) is 65.7 Å². The SMILES string of the molecule is CCNC(=NCc1cccc(N(C)C)c1)NCCc1ccccc1. The molecule has 0 atom stereocenters. The van der Waals surface area contributed by atoms with Gasteiger partial charge in [-0.1, -0.05) is 42.5 Å². The highest BCUT2D eigenvalue weighted by Crippen LogP contribution is 2.13. The van der Waals surface area contributed by atoms with Crippen LogP contribution in [-0.2, 0) is 13.0 Å². The van der Waals surface area contributed by atoms with Crippen LogP contribution in [-0.4, -0.2) is 33.1 Å². The predicted octanol–water partition coefficient (Wildman–Crippen LogP) is 3.05. The van der Waals surface area contributed by atoms with E-state index in [9.17, 15) is 0 Å². The second-order valence-corrected chi connectivity index (χ2v) is 5.92. The third-order valence-corrected chi connectivity index (χ3v) is 3.74. The number of nitrogens with one attached hydrogen (secondary N) is 2. The summed E-state index contributed by atoms with van der Waals surface area (Å²) in [6.07, 6.45) is 0.987. The third kappa shape index (κ3) is 5.95. The lowest BCUT2D eigenvalue weighted by Gasteiger charge is -2.14. The molecule has 2 rings (SSSR count). The van der Waals surface area contributed by atoms with E-state index >= 15 is 0 Å². The van der Waals surface area contributed by atoms with Gasteiger partial charge in [0, 0.05) is 32.9 Å². The summed E-state index contributed by atoms with van der Waals surface area (Å²) < 4.78 is 0. The first-order valence-corrected chi connectivity index (χ1v) is 8.51. The first-order valence-electron chi connectivity index (χ1n) is 8.51. The average Bonchev–Trinajstić information content (AvgIpc) is 2.61. The summed E-state index contributed by atoms with van der Waals surface area (Å²) in [4.78, 5) is 6.80. The lowest BCUT2D eigenvalue weighted by Crippen LogP contribution is -2.38. The van der Waals surface area contributed by atoms with Gasteiger partial charge in [-0.2, -0.15) is 0 Å². The molecule has 2 aromatic carbocycles. The van der Waals surface area contributed by atoms with Gasteiger partial charge >= 0.3 is 0 Å². The Kier molecular flexibility index (Phi) is 7.15. The van der Waals surface area contributed by atoms with Crippen LogP contribution in [0.2, 0.25) is 0 Å². The third-order valence-electron chi connectivity index (χ3n) is 3.74. The van der Waals surface area contributed by atoms with E-state index in [0.717, 1.165) is 25.5 Å². The Labute approximate surface area is 145 Å². The van der Waals surface area contributed by atoms with E-state index in [1.54, 1.807) is 0 Å². The number of aliphatic imine (C=N–C) groups is 1. The molecule has 0 aliphatic rings. The lowest BCUT2D eigenvalue weighted by molar-refractivity contribution is 0.799. The number of rotatable bonds is 7. The molecule has 0 fully saturated rings. The average molecular weight is 324 g/mol. The van der Waals surface area contributed by atoms with Crippen LogP contribution in [0.1, 0.15) is 18.1 Å². The molecule has 0 radical (unpaired) electrons. The summed E-state index contributed by atoms with van der Waals surface area (Å²) >= 11 is 0. The first-order chi connectivity index (χ1) is 11.7. The standard InChI is InChI=1S/C20H28N4/c1-4-21-20(22-14-13-17-9-6-5-7-10-17)23-16-18-11-8-12-19(15-18)24(2)3/h5-12,15H,4,13-14,16H2,1-3H3,(H2,21,22,23). The Morgan fingerprint density at radius 1 is 0.958 bits per heavy atom. The van der Waals surface area contributed by atoms with Crippen molar-refractivity contribution in [2.24, 2.45) is 4.99 Å². The monoisotopic (exact) mass is 324 g/mol. The van der Waals surface area contributed by atoms with Crippen LogP contribution >= 0.6 is 0 Å². The van der Waals surface area contributed by atoms with Crippen LogP contribution in [0.25, 0.3) is 0 Å². The molecule has 4 heteroatoms. The molecule has 2 aromatic rings. The van der Waals surface area contributed by atoms with Gasteiger partial charge in [-0.25, -0.2) is 4.99 Å². The van der Waals surface area contributed by atoms with E-state index in [0.29, 0.717) is 6.54 Å². The summed E-state index contributed by atoms with van der Waals surface area (Å²) in [7, 11) is 4.11. The zero-order valence-electron chi connectivity index (χ0n) is 14.9. The van der Waals surface area contributed by atoms with Crippen LogP contribution in [0, 0.1) is 0 Å². The van der Waals surface area contributed by atoms with Crippen molar-refractivity contribution in [3.63, 3.8) is 0 Å². The fraction of sp³-hybridized carbons (Fsp3) is 0.350. The van der Waals surface area contributed by atoms with Crippen molar-refractivity contribution in [3.8, 4) is 0 Å². The molecule has 0 heterocycles. The molecule has 0 unspecified atom stereocenters. The molecule has 0 aliphatic carbocycles.